The Balaban J connectivity index is 2.20. The summed E-state index contributed by atoms with van der Waals surface area (Å²) in [6.45, 7) is 3.78. The summed E-state index contributed by atoms with van der Waals surface area (Å²) in [7, 11) is 0. The number of amides is 1. The third-order valence-electron chi connectivity index (χ3n) is 3.06. The Morgan fingerprint density at radius 2 is 1.53 bits per heavy atom. The number of hydrogen-bond donors (Lipinski definition) is 3. The molecule has 0 fully saturated rings. The summed E-state index contributed by atoms with van der Waals surface area (Å²) < 4.78 is 0. The van der Waals surface area contributed by atoms with Crippen LogP contribution in [0.4, 0.5) is 17.1 Å². The van der Waals surface area contributed by atoms with Gasteiger partial charge in [-0.3, -0.25) is 4.79 Å². The average molecular weight is 255 g/mol. The molecule has 0 saturated carbocycles. The van der Waals surface area contributed by atoms with Crippen LogP contribution in [0.5, 0.6) is 0 Å². The number of carbonyl (C=O) groups is 1. The molecule has 1 amide bonds. The molecule has 2 rings (SSSR count). The van der Waals surface area contributed by atoms with E-state index in [0.29, 0.717) is 16.9 Å². The minimum absolute atomic E-state index is 0.160. The van der Waals surface area contributed by atoms with Crippen molar-refractivity contribution in [2.24, 2.45) is 0 Å². The largest absolute Gasteiger partial charge is 0.399 e. The van der Waals surface area contributed by atoms with Crippen molar-refractivity contribution in [1.82, 2.24) is 0 Å². The Hall–Kier alpha value is -2.49. The molecule has 0 aromatic heterocycles. The van der Waals surface area contributed by atoms with Gasteiger partial charge in [0.2, 0.25) is 0 Å². The van der Waals surface area contributed by atoms with Gasteiger partial charge in [0, 0.05) is 22.6 Å². The van der Waals surface area contributed by atoms with Gasteiger partial charge in [-0.15, -0.1) is 0 Å². The molecule has 4 nitrogen and oxygen atoms in total. The lowest BCUT2D eigenvalue weighted by Crippen LogP contribution is -2.12. The number of benzene rings is 2. The second kappa shape index (κ2) is 5.02. The second-order valence-electron chi connectivity index (χ2n) is 4.60. The van der Waals surface area contributed by atoms with Gasteiger partial charge in [-0.25, -0.2) is 0 Å². The van der Waals surface area contributed by atoms with Crippen LogP contribution in [0.2, 0.25) is 0 Å². The van der Waals surface area contributed by atoms with Gasteiger partial charge in [-0.1, -0.05) is 0 Å². The lowest BCUT2D eigenvalue weighted by molar-refractivity contribution is 0.102. The van der Waals surface area contributed by atoms with Crippen molar-refractivity contribution >= 4 is 23.0 Å². The summed E-state index contributed by atoms with van der Waals surface area (Å²) in [5.41, 5.74) is 16.0. The van der Waals surface area contributed by atoms with Crippen LogP contribution in [-0.2, 0) is 0 Å². The quantitative estimate of drug-likeness (QED) is 0.722. The summed E-state index contributed by atoms with van der Waals surface area (Å²) in [5.74, 6) is -0.160. The Bertz CT molecular complexity index is 635. The fourth-order valence-corrected chi connectivity index (χ4v) is 1.77. The van der Waals surface area contributed by atoms with E-state index in [1.807, 2.05) is 19.9 Å². The molecule has 0 aliphatic carbocycles. The summed E-state index contributed by atoms with van der Waals surface area (Å²) >= 11 is 0. The predicted molar refractivity (Wildman–Crippen MR) is 79.1 cm³/mol. The van der Waals surface area contributed by atoms with E-state index in [9.17, 15) is 4.79 Å². The zero-order chi connectivity index (χ0) is 14.0. The van der Waals surface area contributed by atoms with Gasteiger partial charge in [0.1, 0.15) is 0 Å². The minimum Gasteiger partial charge on any atom is -0.399 e. The summed E-state index contributed by atoms with van der Waals surface area (Å²) in [6, 6.07) is 10.6. The molecule has 98 valence electrons. The zero-order valence-electron chi connectivity index (χ0n) is 11.0. The highest BCUT2D eigenvalue weighted by Gasteiger charge is 2.07. The van der Waals surface area contributed by atoms with Gasteiger partial charge in [0.15, 0.2) is 0 Å². The van der Waals surface area contributed by atoms with E-state index in [4.69, 9.17) is 11.5 Å². The van der Waals surface area contributed by atoms with E-state index >= 15 is 0 Å². The van der Waals surface area contributed by atoms with Gasteiger partial charge in [0.05, 0.1) is 0 Å². The van der Waals surface area contributed by atoms with E-state index in [1.54, 1.807) is 30.3 Å². The van der Waals surface area contributed by atoms with Crippen LogP contribution in [0.3, 0.4) is 0 Å². The molecule has 2 aromatic rings. The van der Waals surface area contributed by atoms with E-state index in [-0.39, 0.29) is 5.91 Å². The molecule has 0 aliphatic heterocycles. The number of hydrogen-bond acceptors (Lipinski definition) is 3. The standard InChI is InChI=1S/C15H17N3O/c1-9-7-11(3-5-13(9)16)15(19)18-12-4-6-14(17)10(2)8-12/h3-8H,16-17H2,1-2H3,(H,18,19). The monoisotopic (exact) mass is 255 g/mol. The van der Waals surface area contributed by atoms with Crippen LogP contribution in [0.15, 0.2) is 36.4 Å². The highest BCUT2D eigenvalue weighted by Crippen LogP contribution is 2.18. The van der Waals surface area contributed by atoms with Crippen LogP contribution < -0.4 is 16.8 Å². The molecule has 2 aromatic carbocycles. The molecule has 0 unspecified atom stereocenters. The van der Waals surface area contributed by atoms with Crippen molar-refractivity contribution in [2.75, 3.05) is 16.8 Å². The van der Waals surface area contributed by atoms with Gasteiger partial charge in [-0.2, -0.15) is 0 Å². The molecular weight excluding hydrogens is 238 g/mol. The number of anilines is 3. The van der Waals surface area contributed by atoms with Gasteiger partial charge >= 0.3 is 0 Å². The first kappa shape index (κ1) is 13.0. The third-order valence-corrected chi connectivity index (χ3v) is 3.06. The van der Waals surface area contributed by atoms with E-state index < -0.39 is 0 Å². The van der Waals surface area contributed by atoms with Crippen molar-refractivity contribution in [1.29, 1.82) is 0 Å². The highest BCUT2D eigenvalue weighted by molar-refractivity contribution is 6.04. The molecule has 0 spiro atoms. The van der Waals surface area contributed by atoms with Crippen LogP contribution >= 0.6 is 0 Å². The number of nitrogens with two attached hydrogens (primary N) is 2. The van der Waals surface area contributed by atoms with Crippen LogP contribution in [0, 0.1) is 13.8 Å². The molecule has 0 atom stereocenters. The highest BCUT2D eigenvalue weighted by atomic mass is 16.1. The predicted octanol–water partition coefficient (Wildman–Crippen LogP) is 2.72. The maximum absolute atomic E-state index is 12.1. The normalized spacial score (nSPS) is 10.2. The third kappa shape index (κ3) is 2.85. The smallest absolute Gasteiger partial charge is 0.255 e. The van der Waals surface area contributed by atoms with E-state index in [1.165, 1.54) is 0 Å². The number of carbonyl (C=O) groups excluding carboxylic acids is 1. The Labute approximate surface area is 112 Å². The summed E-state index contributed by atoms with van der Waals surface area (Å²) in [5, 5.41) is 2.84. The SMILES string of the molecule is Cc1cc(NC(=O)c2ccc(N)c(C)c2)ccc1N. The fraction of sp³-hybridized carbons (Fsp3) is 0.133. The summed E-state index contributed by atoms with van der Waals surface area (Å²) in [6.07, 6.45) is 0. The van der Waals surface area contributed by atoms with E-state index in [2.05, 4.69) is 5.32 Å². The molecule has 19 heavy (non-hydrogen) atoms. The van der Waals surface area contributed by atoms with Crippen molar-refractivity contribution in [2.45, 2.75) is 13.8 Å². The topological polar surface area (TPSA) is 81.1 Å². The maximum Gasteiger partial charge on any atom is 0.255 e. The van der Waals surface area contributed by atoms with Crippen molar-refractivity contribution in [3.63, 3.8) is 0 Å². The van der Waals surface area contributed by atoms with E-state index in [0.717, 1.165) is 16.8 Å². The first-order chi connectivity index (χ1) is 8.97. The Morgan fingerprint density at radius 3 is 2.11 bits per heavy atom. The summed E-state index contributed by atoms with van der Waals surface area (Å²) in [4.78, 5) is 12.1. The number of rotatable bonds is 2. The van der Waals surface area contributed by atoms with Crippen molar-refractivity contribution < 1.29 is 4.79 Å². The van der Waals surface area contributed by atoms with Gasteiger partial charge < -0.3 is 16.8 Å². The lowest BCUT2D eigenvalue weighted by atomic mass is 10.1. The molecular formula is C15H17N3O. The first-order valence-corrected chi connectivity index (χ1v) is 6.01. The van der Waals surface area contributed by atoms with Crippen molar-refractivity contribution in [3.05, 3.63) is 53.1 Å². The van der Waals surface area contributed by atoms with Crippen LogP contribution in [-0.4, -0.2) is 5.91 Å². The maximum atomic E-state index is 12.1. The van der Waals surface area contributed by atoms with Crippen LogP contribution in [0.1, 0.15) is 21.5 Å². The molecule has 0 heterocycles. The van der Waals surface area contributed by atoms with Crippen molar-refractivity contribution in [3.8, 4) is 0 Å². The molecule has 0 aliphatic rings. The van der Waals surface area contributed by atoms with Gasteiger partial charge in [-0.05, 0) is 61.4 Å². The lowest BCUT2D eigenvalue weighted by Gasteiger charge is -2.09. The number of nitrogens with one attached hydrogen (secondary N) is 1. The molecule has 0 radical (unpaired) electrons. The van der Waals surface area contributed by atoms with Crippen LogP contribution in [0.25, 0.3) is 0 Å². The average Bonchev–Trinajstić information content (AvgIpc) is 2.37. The molecule has 4 heteroatoms. The molecule has 5 N–H and O–H groups in total. The second-order valence-corrected chi connectivity index (χ2v) is 4.60. The Morgan fingerprint density at radius 1 is 0.947 bits per heavy atom. The molecule has 0 bridgehead atoms. The number of nitrogen functional groups attached to an aromatic ring is 2. The first-order valence-electron chi connectivity index (χ1n) is 6.01. The minimum atomic E-state index is -0.160. The zero-order valence-corrected chi connectivity index (χ0v) is 11.0. The number of aryl methyl sites for hydroxylation is 2. The fourth-order valence-electron chi connectivity index (χ4n) is 1.77. The Kier molecular flexibility index (Phi) is 3.42. The molecule has 0 saturated heterocycles. The van der Waals surface area contributed by atoms with Gasteiger partial charge in [0.25, 0.3) is 5.91 Å².